The van der Waals surface area contributed by atoms with Crippen molar-refractivity contribution >= 4 is 16.9 Å². The fraction of sp³-hybridized carbons (Fsp3) is 0.333. The van der Waals surface area contributed by atoms with Crippen molar-refractivity contribution in [3.05, 3.63) is 59.0 Å². The molecule has 0 atom stereocenters. The van der Waals surface area contributed by atoms with Crippen LogP contribution < -0.4 is 25.5 Å². The molecule has 0 unspecified atom stereocenters. The molecule has 1 amide bonds. The quantitative estimate of drug-likeness (QED) is 0.602. The summed E-state index contributed by atoms with van der Waals surface area (Å²) in [6.07, 6.45) is 3.16. The van der Waals surface area contributed by atoms with Gasteiger partial charge in [-0.15, -0.1) is 0 Å². The fourth-order valence-corrected chi connectivity index (χ4v) is 4.04. The zero-order chi connectivity index (χ0) is 21.8. The van der Waals surface area contributed by atoms with Crippen molar-refractivity contribution in [2.24, 2.45) is 11.7 Å². The standard InChI is InChI=1S/C24H26N2O5/c1-29-18-4-2-16(3-5-18)21-15-31-22-14-19(6-7-20(22)23(21)27)30-13-12-26-10-8-17(9-11-26)24(25)28/h2-7,14-15,17H,8-13H2,1H3,(H2,25,28)/p+1. The SMILES string of the molecule is COc1ccc(-c2coc3cc(OCC[NH+]4CCC(C(N)=O)CC4)ccc3c2=O)cc1. The van der Waals surface area contributed by atoms with Crippen LogP contribution in [0.1, 0.15) is 12.8 Å². The van der Waals surface area contributed by atoms with E-state index in [0.29, 0.717) is 28.9 Å². The zero-order valence-corrected chi connectivity index (χ0v) is 17.6. The number of benzene rings is 2. The largest absolute Gasteiger partial charge is 0.497 e. The molecule has 7 nitrogen and oxygen atoms in total. The molecule has 1 aliphatic rings. The molecule has 2 aromatic carbocycles. The van der Waals surface area contributed by atoms with E-state index in [0.717, 1.165) is 43.8 Å². The number of piperidine rings is 1. The zero-order valence-electron chi connectivity index (χ0n) is 17.6. The highest BCUT2D eigenvalue weighted by atomic mass is 16.5. The molecular weight excluding hydrogens is 396 g/mol. The van der Waals surface area contributed by atoms with Gasteiger partial charge in [0.1, 0.15) is 36.5 Å². The van der Waals surface area contributed by atoms with Gasteiger partial charge in [-0.2, -0.15) is 0 Å². The molecule has 0 aliphatic carbocycles. The van der Waals surface area contributed by atoms with Gasteiger partial charge in [-0.1, -0.05) is 12.1 Å². The molecule has 3 N–H and O–H groups in total. The Morgan fingerprint density at radius 1 is 1.13 bits per heavy atom. The van der Waals surface area contributed by atoms with Crippen LogP contribution in [0.15, 0.2) is 57.9 Å². The molecular formula is C24H27N2O5+. The van der Waals surface area contributed by atoms with Gasteiger partial charge < -0.3 is 24.5 Å². The number of amides is 1. The van der Waals surface area contributed by atoms with Crippen molar-refractivity contribution in [1.82, 2.24) is 0 Å². The molecule has 2 heterocycles. The molecule has 1 saturated heterocycles. The van der Waals surface area contributed by atoms with Crippen molar-refractivity contribution in [2.75, 3.05) is 33.4 Å². The van der Waals surface area contributed by atoms with E-state index in [2.05, 4.69) is 0 Å². The van der Waals surface area contributed by atoms with Crippen molar-refractivity contribution in [3.8, 4) is 22.6 Å². The Labute approximate surface area is 180 Å². The van der Waals surface area contributed by atoms with Crippen LogP contribution in [0, 0.1) is 5.92 Å². The number of primary amides is 1. The monoisotopic (exact) mass is 423 g/mol. The Kier molecular flexibility index (Phi) is 6.23. The molecule has 0 spiro atoms. The molecule has 1 aliphatic heterocycles. The average molecular weight is 423 g/mol. The molecule has 7 heteroatoms. The Morgan fingerprint density at radius 2 is 1.84 bits per heavy atom. The van der Waals surface area contributed by atoms with E-state index in [4.69, 9.17) is 19.6 Å². The summed E-state index contributed by atoms with van der Waals surface area (Å²) < 4.78 is 16.8. The predicted molar refractivity (Wildman–Crippen MR) is 117 cm³/mol. The molecule has 3 aromatic rings. The summed E-state index contributed by atoms with van der Waals surface area (Å²) in [6, 6.07) is 12.6. The van der Waals surface area contributed by atoms with Crippen LogP contribution in [0.3, 0.4) is 0 Å². The van der Waals surface area contributed by atoms with Gasteiger partial charge >= 0.3 is 0 Å². The van der Waals surface area contributed by atoms with Crippen molar-refractivity contribution in [3.63, 3.8) is 0 Å². The maximum Gasteiger partial charge on any atom is 0.220 e. The lowest BCUT2D eigenvalue weighted by molar-refractivity contribution is -0.905. The number of ether oxygens (including phenoxy) is 2. The minimum absolute atomic E-state index is 0.0101. The second-order valence-electron chi connectivity index (χ2n) is 7.89. The van der Waals surface area contributed by atoms with Crippen LogP contribution in [0.4, 0.5) is 0 Å². The molecule has 4 rings (SSSR count). The fourth-order valence-electron chi connectivity index (χ4n) is 4.04. The number of hydrogen-bond acceptors (Lipinski definition) is 5. The average Bonchev–Trinajstić information content (AvgIpc) is 2.80. The number of nitrogens with two attached hydrogens (primary N) is 1. The maximum atomic E-state index is 12.9. The number of fused-ring (bicyclic) bond motifs is 1. The third kappa shape index (κ3) is 4.72. The summed E-state index contributed by atoms with van der Waals surface area (Å²) in [5.41, 5.74) is 7.08. The lowest BCUT2D eigenvalue weighted by atomic mass is 9.96. The second kappa shape index (κ2) is 9.22. The molecule has 0 saturated carbocycles. The lowest BCUT2D eigenvalue weighted by Gasteiger charge is -2.27. The minimum Gasteiger partial charge on any atom is -0.497 e. The summed E-state index contributed by atoms with van der Waals surface area (Å²) in [5.74, 6) is 1.22. The smallest absolute Gasteiger partial charge is 0.220 e. The summed E-state index contributed by atoms with van der Waals surface area (Å²) in [4.78, 5) is 25.6. The van der Waals surface area contributed by atoms with Gasteiger partial charge in [-0.25, -0.2) is 0 Å². The van der Waals surface area contributed by atoms with Gasteiger partial charge in [-0.05, 0) is 29.8 Å². The number of likely N-dealkylation sites (tertiary alicyclic amines) is 1. The number of rotatable bonds is 7. The van der Waals surface area contributed by atoms with E-state index in [1.807, 2.05) is 24.3 Å². The van der Waals surface area contributed by atoms with Crippen LogP contribution in [-0.2, 0) is 4.79 Å². The predicted octanol–water partition coefficient (Wildman–Crippen LogP) is 1.63. The first-order valence-corrected chi connectivity index (χ1v) is 10.5. The number of hydrogen-bond donors (Lipinski definition) is 2. The Hall–Kier alpha value is -3.32. The van der Waals surface area contributed by atoms with E-state index in [-0.39, 0.29) is 17.3 Å². The highest BCUT2D eigenvalue weighted by molar-refractivity contribution is 5.82. The molecule has 0 radical (unpaired) electrons. The Morgan fingerprint density at radius 3 is 2.52 bits per heavy atom. The normalized spacial score (nSPS) is 18.6. The first-order valence-electron chi connectivity index (χ1n) is 10.5. The van der Waals surface area contributed by atoms with Crippen molar-refractivity contribution in [2.45, 2.75) is 12.8 Å². The van der Waals surface area contributed by atoms with E-state index in [1.54, 1.807) is 25.3 Å². The highest BCUT2D eigenvalue weighted by Crippen LogP contribution is 2.24. The van der Waals surface area contributed by atoms with E-state index < -0.39 is 0 Å². The molecule has 0 bridgehead atoms. The number of nitrogens with one attached hydrogen (secondary N) is 1. The van der Waals surface area contributed by atoms with Gasteiger partial charge in [-0.3, -0.25) is 9.59 Å². The highest BCUT2D eigenvalue weighted by Gasteiger charge is 2.25. The molecule has 1 aromatic heterocycles. The molecule has 1 fully saturated rings. The molecule has 31 heavy (non-hydrogen) atoms. The van der Waals surface area contributed by atoms with Crippen LogP contribution >= 0.6 is 0 Å². The first kappa shape index (κ1) is 20.9. The summed E-state index contributed by atoms with van der Waals surface area (Å²) in [5, 5.41) is 0.514. The number of carbonyl (C=O) groups excluding carboxylic acids is 1. The van der Waals surface area contributed by atoms with Crippen molar-refractivity contribution < 1.29 is 23.6 Å². The topological polar surface area (TPSA) is 96.2 Å². The molecule has 162 valence electrons. The van der Waals surface area contributed by atoms with Crippen LogP contribution in [0.5, 0.6) is 11.5 Å². The van der Waals surface area contributed by atoms with Crippen LogP contribution in [0.25, 0.3) is 22.1 Å². The van der Waals surface area contributed by atoms with E-state index >= 15 is 0 Å². The van der Waals surface area contributed by atoms with Gasteiger partial charge in [0.05, 0.1) is 31.1 Å². The summed E-state index contributed by atoms with van der Waals surface area (Å²) in [6.45, 7) is 3.26. The summed E-state index contributed by atoms with van der Waals surface area (Å²) >= 11 is 0. The van der Waals surface area contributed by atoms with Gasteiger partial charge in [0.2, 0.25) is 5.91 Å². The van der Waals surface area contributed by atoms with E-state index in [9.17, 15) is 9.59 Å². The Balaban J connectivity index is 1.40. The third-order valence-corrected chi connectivity index (χ3v) is 5.97. The van der Waals surface area contributed by atoms with E-state index in [1.165, 1.54) is 11.2 Å². The van der Waals surface area contributed by atoms with Crippen LogP contribution in [-0.4, -0.2) is 39.3 Å². The van der Waals surface area contributed by atoms with Gasteiger partial charge in [0.25, 0.3) is 0 Å². The second-order valence-corrected chi connectivity index (χ2v) is 7.89. The van der Waals surface area contributed by atoms with Gasteiger partial charge in [0.15, 0.2) is 5.43 Å². The lowest BCUT2D eigenvalue weighted by Crippen LogP contribution is -3.13. The maximum absolute atomic E-state index is 12.9. The first-order chi connectivity index (χ1) is 15.0. The van der Waals surface area contributed by atoms with Crippen LogP contribution in [0.2, 0.25) is 0 Å². The van der Waals surface area contributed by atoms with Gasteiger partial charge in [0, 0.05) is 24.8 Å². The third-order valence-electron chi connectivity index (χ3n) is 5.97. The Bertz CT molecular complexity index is 1120. The minimum atomic E-state index is -0.192. The number of carbonyl (C=O) groups is 1. The van der Waals surface area contributed by atoms with Crippen molar-refractivity contribution in [1.29, 1.82) is 0 Å². The number of methoxy groups -OCH3 is 1. The number of quaternary nitrogens is 1. The summed E-state index contributed by atoms with van der Waals surface area (Å²) in [7, 11) is 1.60.